The van der Waals surface area contributed by atoms with Crippen molar-refractivity contribution in [2.45, 2.75) is 47.0 Å². The van der Waals surface area contributed by atoms with Crippen LogP contribution in [0.5, 0.6) is 0 Å². The summed E-state index contributed by atoms with van der Waals surface area (Å²) in [4.78, 5) is 0. The Labute approximate surface area is 110 Å². The third-order valence-electron chi connectivity index (χ3n) is 1.58. The molecule has 0 nitrogen and oxygen atoms in total. The fourth-order valence-electron chi connectivity index (χ4n) is 0.887. The van der Waals surface area contributed by atoms with E-state index >= 15 is 0 Å². The van der Waals surface area contributed by atoms with Gasteiger partial charge in [-0.05, 0) is 5.41 Å². The van der Waals surface area contributed by atoms with Gasteiger partial charge in [-0.25, -0.2) is 0 Å². The van der Waals surface area contributed by atoms with Gasteiger partial charge in [0.1, 0.15) is 0 Å². The third-order valence-corrected chi connectivity index (χ3v) is 1.58. The van der Waals surface area contributed by atoms with Gasteiger partial charge in [-0.2, -0.15) is 56.7 Å². The van der Waals surface area contributed by atoms with Gasteiger partial charge in [0.25, 0.3) is 0 Å². The van der Waals surface area contributed by atoms with Crippen LogP contribution in [-0.2, 0) is 26.5 Å². The molecule has 0 fully saturated rings. The van der Waals surface area contributed by atoms with Crippen molar-refractivity contribution in [3.05, 3.63) is 41.8 Å². The number of hydrogen-bond donors (Lipinski definition) is 0. The van der Waals surface area contributed by atoms with Gasteiger partial charge in [0.15, 0.2) is 0 Å². The minimum Gasteiger partial charge on any atom is -0.323 e. The Morgan fingerprint density at radius 2 is 1.33 bits per heavy atom. The smallest absolute Gasteiger partial charge is 0.323 e. The average molecular weight is 374 g/mol. The molecule has 0 saturated heterocycles. The molecule has 0 amide bonds. The second-order valence-corrected chi connectivity index (χ2v) is 5.04. The Balaban J connectivity index is 0. The maximum Gasteiger partial charge on any atom is 2.00 e. The van der Waals surface area contributed by atoms with E-state index in [0.717, 1.165) is 0 Å². The van der Waals surface area contributed by atoms with Crippen LogP contribution in [-0.4, -0.2) is 0 Å². The zero-order valence-electron chi connectivity index (χ0n) is 10.7. The summed E-state index contributed by atoms with van der Waals surface area (Å²) in [5.74, 6) is 1.42. The molecule has 0 aromatic heterocycles. The first-order chi connectivity index (χ1) is 6.34. The van der Waals surface area contributed by atoms with Gasteiger partial charge >= 0.3 is 21.1 Å². The number of benzene rings is 1. The second kappa shape index (κ2) is 8.11. The van der Waals surface area contributed by atoms with E-state index in [2.05, 4.69) is 59.7 Å². The first kappa shape index (κ1) is 17.3. The van der Waals surface area contributed by atoms with Crippen LogP contribution in [0.15, 0.2) is 24.3 Å². The quantitative estimate of drug-likeness (QED) is 0.591. The molecule has 0 heterocycles. The summed E-state index contributed by atoms with van der Waals surface area (Å²) >= 11 is 0. The van der Waals surface area contributed by atoms with E-state index in [9.17, 15) is 0 Å². The van der Waals surface area contributed by atoms with Crippen LogP contribution in [0, 0.1) is 12.0 Å². The molecular formula is C14H22W. The predicted molar refractivity (Wildman–Crippen MR) is 64.2 cm³/mol. The summed E-state index contributed by atoms with van der Waals surface area (Å²) in [7, 11) is 0. The van der Waals surface area contributed by atoms with Gasteiger partial charge < -0.3 is 5.92 Å². The molecule has 1 aromatic rings. The summed E-state index contributed by atoms with van der Waals surface area (Å²) in [6, 6.07) is 11.1. The van der Waals surface area contributed by atoms with Crippen LogP contribution in [0.25, 0.3) is 0 Å². The summed E-state index contributed by atoms with van der Waals surface area (Å²) < 4.78 is 0. The van der Waals surface area contributed by atoms with Gasteiger partial charge in [0, 0.05) is 0 Å². The van der Waals surface area contributed by atoms with Crippen molar-refractivity contribution < 1.29 is 21.1 Å². The molecule has 0 spiro atoms. The van der Waals surface area contributed by atoms with Crippen molar-refractivity contribution in [3.8, 4) is 0 Å². The van der Waals surface area contributed by atoms with Crippen molar-refractivity contribution in [2.24, 2.45) is 0 Å². The summed E-state index contributed by atoms with van der Waals surface area (Å²) in [6.07, 6.45) is 0. The molecule has 84 valence electrons. The monoisotopic (exact) mass is 374 g/mol. The minimum absolute atomic E-state index is 0. The van der Waals surface area contributed by atoms with Crippen molar-refractivity contribution in [3.63, 3.8) is 0 Å². The van der Waals surface area contributed by atoms with Crippen LogP contribution in [0.1, 0.15) is 47.1 Å². The van der Waals surface area contributed by atoms with E-state index in [1.165, 1.54) is 11.5 Å². The van der Waals surface area contributed by atoms with Gasteiger partial charge in [-0.3, -0.25) is 0 Å². The first-order valence-electron chi connectivity index (χ1n) is 5.07. The Morgan fingerprint density at radius 3 is 1.53 bits per heavy atom. The van der Waals surface area contributed by atoms with Crippen LogP contribution >= 0.6 is 0 Å². The van der Waals surface area contributed by atoms with Crippen LogP contribution in [0.2, 0.25) is 0 Å². The molecule has 0 aliphatic carbocycles. The minimum atomic E-state index is 0. The van der Waals surface area contributed by atoms with Gasteiger partial charge in [-0.15, -0.1) is 0 Å². The topological polar surface area (TPSA) is 0 Å². The molecule has 15 heavy (non-hydrogen) atoms. The molecule has 1 aromatic carbocycles. The molecule has 0 saturated carbocycles. The third kappa shape index (κ3) is 10.2. The average Bonchev–Trinajstić information content (AvgIpc) is 2.03. The Hall–Kier alpha value is -0.0917. The molecule has 0 N–H and O–H groups in total. The van der Waals surface area contributed by atoms with Crippen LogP contribution < -0.4 is 0 Å². The maximum absolute atomic E-state index is 3.00. The van der Waals surface area contributed by atoms with E-state index in [1.807, 2.05) is 12.1 Å². The SMILES string of the molecule is CC(C)(C)c1cc[c-]cc1.C[C-](C)C.[W+2]. The summed E-state index contributed by atoms with van der Waals surface area (Å²) in [5.41, 5.74) is 1.64. The van der Waals surface area contributed by atoms with Crippen LogP contribution in [0.3, 0.4) is 0 Å². The zero-order chi connectivity index (χ0) is 11.2. The van der Waals surface area contributed by atoms with Crippen molar-refractivity contribution in [1.82, 2.24) is 0 Å². The molecule has 1 heteroatoms. The molecule has 0 atom stereocenters. The predicted octanol–water partition coefficient (Wildman–Crippen LogP) is 4.40. The first-order valence-corrected chi connectivity index (χ1v) is 5.07. The fraction of sp³-hybridized carbons (Fsp3) is 0.500. The molecule has 0 aliphatic heterocycles. The normalized spacial score (nSPS) is 10.1. The Bertz CT molecular complexity index is 229. The second-order valence-electron chi connectivity index (χ2n) is 5.04. The molecular weight excluding hydrogens is 352 g/mol. The molecule has 1 rings (SSSR count). The van der Waals surface area contributed by atoms with Crippen molar-refractivity contribution >= 4 is 0 Å². The van der Waals surface area contributed by atoms with Gasteiger partial charge in [0.05, 0.1) is 0 Å². The fourth-order valence-corrected chi connectivity index (χ4v) is 0.887. The van der Waals surface area contributed by atoms with Gasteiger partial charge in [-0.1, -0.05) is 20.8 Å². The molecule has 0 radical (unpaired) electrons. The number of rotatable bonds is 0. The van der Waals surface area contributed by atoms with E-state index < -0.39 is 0 Å². The molecule has 0 unspecified atom stereocenters. The molecule has 0 bridgehead atoms. The zero-order valence-corrected chi connectivity index (χ0v) is 13.7. The summed E-state index contributed by atoms with van der Waals surface area (Å²) in [5, 5.41) is 0. The Kier molecular flexibility index (Phi) is 9.35. The standard InChI is InChI=1S/C10H13.C4H9.W/c1-10(2,3)9-7-5-4-6-8-9;1-4(2)3;/h5-8H,1-3H3;1-3H3;/q2*-1;+2. The van der Waals surface area contributed by atoms with Gasteiger partial charge in [0.2, 0.25) is 0 Å². The van der Waals surface area contributed by atoms with Crippen molar-refractivity contribution in [2.75, 3.05) is 0 Å². The van der Waals surface area contributed by atoms with E-state index in [0.29, 0.717) is 0 Å². The number of hydrogen-bond acceptors (Lipinski definition) is 0. The van der Waals surface area contributed by atoms with E-state index in [-0.39, 0.29) is 26.5 Å². The Morgan fingerprint density at radius 1 is 1.00 bits per heavy atom. The van der Waals surface area contributed by atoms with Crippen LogP contribution in [0.4, 0.5) is 0 Å². The van der Waals surface area contributed by atoms with E-state index in [4.69, 9.17) is 0 Å². The maximum atomic E-state index is 3.00. The molecule has 0 aliphatic rings. The van der Waals surface area contributed by atoms with E-state index in [1.54, 1.807) is 0 Å². The van der Waals surface area contributed by atoms with Crippen molar-refractivity contribution in [1.29, 1.82) is 0 Å². The largest absolute Gasteiger partial charge is 2.00 e. The summed E-state index contributed by atoms with van der Waals surface area (Å²) in [6.45, 7) is 12.9.